The summed E-state index contributed by atoms with van der Waals surface area (Å²) in [7, 11) is 1.47. The number of aliphatic hydroxyl groups excluding tert-OH is 2. The lowest BCUT2D eigenvalue weighted by Gasteiger charge is -2.51. The van der Waals surface area contributed by atoms with E-state index in [2.05, 4.69) is 0 Å². The van der Waals surface area contributed by atoms with Crippen LogP contribution in [0.25, 0.3) is 0 Å². The normalized spacial score (nSPS) is 26.6. The fourth-order valence-electron chi connectivity index (χ4n) is 10.6. The fraction of sp³-hybridized carbons (Fsp3) is 0.343. The second-order valence-corrected chi connectivity index (χ2v) is 21.5. The topological polar surface area (TPSA) is 238 Å². The molecule has 0 aliphatic carbocycles. The molecule has 3 aliphatic rings. The van der Waals surface area contributed by atoms with Crippen LogP contribution in [0.1, 0.15) is 65.0 Å². The van der Waals surface area contributed by atoms with Crippen molar-refractivity contribution >= 4 is 23.9 Å². The highest BCUT2D eigenvalue weighted by atomic mass is 16.8. The van der Waals surface area contributed by atoms with E-state index in [0.717, 1.165) is 16.7 Å². The van der Waals surface area contributed by atoms with Crippen LogP contribution in [0, 0.1) is 0 Å². The number of rotatable bonds is 27. The van der Waals surface area contributed by atoms with Gasteiger partial charge < -0.3 is 76.5 Å². The van der Waals surface area contributed by atoms with Crippen molar-refractivity contribution in [3.63, 3.8) is 0 Å². The molecule has 20 heteroatoms. The summed E-state index contributed by atoms with van der Waals surface area (Å²) < 4.78 is 91.6. The van der Waals surface area contributed by atoms with Crippen molar-refractivity contribution in [1.82, 2.24) is 0 Å². The molecule has 90 heavy (non-hydrogen) atoms. The van der Waals surface area contributed by atoms with E-state index in [-0.39, 0.29) is 55.3 Å². The molecule has 0 radical (unpaired) electrons. The Morgan fingerprint density at radius 1 is 0.367 bits per heavy atom. The van der Waals surface area contributed by atoms with Gasteiger partial charge in [-0.1, -0.05) is 164 Å². The van der Waals surface area contributed by atoms with Gasteiger partial charge in [-0.3, -0.25) is 0 Å². The van der Waals surface area contributed by atoms with E-state index >= 15 is 0 Å². The smallest absolute Gasteiger partial charge is 0.338 e. The molecule has 20 nitrogen and oxygen atoms in total. The van der Waals surface area contributed by atoms with Gasteiger partial charge in [0.25, 0.3) is 0 Å². The Morgan fingerprint density at radius 3 is 1.21 bits per heavy atom. The molecule has 0 saturated carbocycles. The van der Waals surface area contributed by atoms with Crippen molar-refractivity contribution in [1.29, 1.82) is 0 Å². The molecule has 10 rings (SSSR count). The molecule has 3 heterocycles. The first-order valence-electron chi connectivity index (χ1n) is 29.7. The lowest BCUT2D eigenvalue weighted by atomic mass is 9.95. The van der Waals surface area contributed by atoms with Gasteiger partial charge in [0.2, 0.25) is 0 Å². The number of esters is 4. The molecule has 0 amide bonds. The van der Waals surface area contributed by atoms with Crippen LogP contribution < -0.4 is 0 Å². The van der Waals surface area contributed by atoms with Gasteiger partial charge in [0, 0.05) is 7.11 Å². The minimum atomic E-state index is -2.00. The van der Waals surface area contributed by atoms with Gasteiger partial charge >= 0.3 is 23.9 Å². The Morgan fingerprint density at radius 2 is 0.744 bits per heavy atom. The van der Waals surface area contributed by atoms with Crippen LogP contribution in [0.4, 0.5) is 0 Å². The SMILES string of the molecule is COCCO[C@@H]1O[C@H](COC(=O)c2ccccc2)[C@@H](O[C@@H]2O[C@H](COC(=O)c3ccccc3)[C@H](O)[C@H](O)[C@H]2OC(=O)c2ccccc2)[C@H](O[C@@H]2O[C@@H](C)[C@@H](OCc3ccccc3)[C@@H](OCc3ccccc3)[C@@H]2OCc2ccccc2)[C@H]1OC(=O)c1ccccc1. The minimum Gasteiger partial charge on any atom is -0.459 e. The molecule has 0 aromatic heterocycles. The largest absolute Gasteiger partial charge is 0.459 e. The second-order valence-electron chi connectivity index (χ2n) is 21.5. The highest BCUT2D eigenvalue weighted by Gasteiger charge is 2.58. The van der Waals surface area contributed by atoms with Crippen LogP contribution in [-0.4, -0.2) is 160 Å². The van der Waals surface area contributed by atoms with E-state index < -0.39 is 129 Å². The molecule has 3 aliphatic heterocycles. The Kier molecular flexibility index (Phi) is 23.5. The predicted molar refractivity (Wildman–Crippen MR) is 321 cm³/mol. The van der Waals surface area contributed by atoms with Gasteiger partial charge in [0.1, 0.15) is 68.1 Å². The fourth-order valence-corrected chi connectivity index (χ4v) is 10.6. The standard InChI is InChI=1S/C70H72O20/c1-45-57(79-40-46-24-10-3-11-25-46)60(80-41-47-26-12-4-13-27-47)62(81-42-48-28-14-5-15-29-48)70(84-45)90-61-58(54(44-83-65(74)50-32-18-7-19-33-50)86-68(78-39-38-77-2)63(61)88-67(76)52-36-22-9-23-37-52)89-69-59(87-66(75)51-34-20-8-21-35-51)56(72)55(71)53(85-69)43-82-64(73)49-30-16-6-17-31-49/h3-37,45,53-63,68-72H,38-44H2,1-2H3/t45-,53+,54+,55-,56-,57+,58+,59+,60+,61-,62-,63+,68+,69-,70-/m0/s1. The van der Waals surface area contributed by atoms with E-state index in [0.29, 0.717) is 0 Å². The molecule has 0 unspecified atom stereocenters. The summed E-state index contributed by atoms with van der Waals surface area (Å²) in [6.07, 6.45) is -22.8. The van der Waals surface area contributed by atoms with Crippen molar-refractivity contribution in [3.8, 4) is 0 Å². The molecule has 15 atom stereocenters. The van der Waals surface area contributed by atoms with Crippen LogP contribution in [0.15, 0.2) is 212 Å². The van der Waals surface area contributed by atoms with Crippen LogP contribution in [0.3, 0.4) is 0 Å². The molecule has 0 bridgehead atoms. The van der Waals surface area contributed by atoms with Crippen LogP contribution >= 0.6 is 0 Å². The maximum Gasteiger partial charge on any atom is 0.338 e. The van der Waals surface area contributed by atoms with Gasteiger partial charge in [0.05, 0.1) is 61.4 Å². The van der Waals surface area contributed by atoms with E-state index in [1.54, 1.807) is 104 Å². The molecule has 472 valence electrons. The van der Waals surface area contributed by atoms with Crippen LogP contribution in [0.5, 0.6) is 0 Å². The van der Waals surface area contributed by atoms with Crippen molar-refractivity contribution < 1.29 is 95.7 Å². The zero-order valence-electron chi connectivity index (χ0n) is 49.6. The second kappa shape index (κ2) is 32.6. The molecule has 7 aromatic carbocycles. The van der Waals surface area contributed by atoms with E-state index in [9.17, 15) is 29.4 Å². The number of carbonyl (C=O) groups excluding carboxylic acids is 4. The number of hydrogen-bond donors (Lipinski definition) is 2. The maximum absolute atomic E-state index is 14.7. The first-order valence-corrected chi connectivity index (χ1v) is 29.7. The number of ether oxygens (including phenoxy) is 14. The Labute approximate surface area is 521 Å². The minimum absolute atomic E-state index is 0.00147. The Balaban J connectivity index is 1.10. The monoisotopic (exact) mass is 1230 g/mol. The number of carbonyl (C=O) groups is 4. The summed E-state index contributed by atoms with van der Waals surface area (Å²) in [4.78, 5) is 56.3. The summed E-state index contributed by atoms with van der Waals surface area (Å²) in [5.74, 6) is -3.36. The molecule has 0 spiro atoms. The predicted octanol–water partition coefficient (Wildman–Crippen LogP) is 8.26. The van der Waals surface area contributed by atoms with Crippen molar-refractivity contribution in [3.05, 3.63) is 251 Å². The molecule has 2 N–H and O–H groups in total. The van der Waals surface area contributed by atoms with Crippen molar-refractivity contribution in [2.24, 2.45) is 0 Å². The van der Waals surface area contributed by atoms with Crippen LogP contribution in [0.2, 0.25) is 0 Å². The van der Waals surface area contributed by atoms with E-state index in [1.807, 2.05) is 91.0 Å². The highest BCUT2D eigenvalue weighted by molar-refractivity contribution is 5.91. The van der Waals surface area contributed by atoms with Gasteiger partial charge in [0.15, 0.2) is 31.1 Å². The number of methoxy groups -OCH3 is 1. The molecule has 3 saturated heterocycles. The van der Waals surface area contributed by atoms with E-state index in [1.165, 1.54) is 31.4 Å². The lowest BCUT2D eigenvalue weighted by molar-refractivity contribution is -0.389. The zero-order chi connectivity index (χ0) is 62.6. The number of benzene rings is 7. The van der Waals surface area contributed by atoms with Crippen LogP contribution in [-0.2, 0) is 86.1 Å². The van der Waals surface area contributed by atoms with E-state index in [4.69, 9.17) is 66.3 Å². The van der Waals surface area contributed by atoms with Gasteiger partial charge in [-0.2, -0.15) is 0 Å². The molecule has 3 fully saturated rings. The van der Waals surface area contributed by atoms with Gasteiger partial charge in [-0.15, -0.1) is 0 Å². The number of hydrogen-bond acceptors (Lipinski definition) is 20. The third-order valence-electron chi connectivity index (χ3n) is 15.3. The first-order chi connectivity index (χ1) is 44.0. The summed E-state index contributed by atoms with van der Waals surface area (Å²) in [5, 5.41) is 24.1. The number of aliphatic hydroxyl groups is 2. The summed E-state index contributed by atoms with van der Waals surface area (Å²) >= 11 is 0. The average Bonchev–Trinajstić information content (AvgIpc) is 0.906. The van der Waals surface area contributed by atoms with Gasteiger partial charge in [-0.25, -0.2) is 19.2 Å². The first kappa shape index (κ1) is 64.9. The molecular weight excluding hydrogens is 1160 g/mol. The summed E-state index contributed by atoms with van der Waals surface area (Å²) in [5.41, 5.74) is 3.05. The average molecular weight is 1230 g/mol. The molecule has 7 aromatic rings. The third-order valence-corrected chi connectivity index (χ3v) is 15.3. The Bertz CT molecular complexity index is 3300. The van der Waals surface area contributed by atoms with Crippen molar-refractivity contribution in [2.75, 3.05) is 33.5 Å². The summed E-state index contributed by atoms with van der Waals surface area (Å²) in [6, 6.07) is 60.8. The lowest BCUT2D eigenvalue weighted by Crippen LogP contribution is -2.68. The quantitative estimate of drug-likeness (QED) is 0.0280. The zero-order valence-corrected chi connectivity index (χ0v) is 49.6. The summed E-state index contributed by atoms with van der Waals surface area (Å²) in [6.45, 7) is 0.660. The van der Waals surface area contributed by atoms with Crippen molar-refractivity contribution in [2.45, 2.75) is 119 Å². The van der Waals surface area contributed by atoms with Gasteiger partial charge in [-0.05, 0) is 72.1 Å². The third kappa shape index (κ3) is 17.2. The molecular formula is C70H72O20. The maximum atomic E-state index is 14.7. The Hall–Kier alpha value is -8.06. The highest BCUT2D eigenvalue weighted by Crippen LogP contribution is 2.39.